The first-order valence-electron chi connectivity index (χ1n) is 10.0. The molecule has 0 aliphatic carbocycles. The lowest BCUT2D eigenvalue weighted by atomic mass is 10.1. The molecule has 0 unspecified atom stereocenters. The lowest BCUT2D eigenvalue weighted by Gasteiger charge is -2.36. The van der Waals surface area contributed by atoms with Gasteiger partial charge in [0.15, 0.2) is 17.2 Å². The molecule has 0 atom stereocenters. The van der Waals surface area contributed by atoms with Gasteiger partial charge in [-0.1, -0.05) is 32.9 Å². The molecule has 0 bridgehead atoms. The fourth-order valence-electron chi connectivity index (χ4n) is 2.75. The first-order chi connectivity index (χ1) is 14.9. The van der Waals surface area contributed by atoms with Gasteiger partial charge >= 0.3 is 5.69 Å². The van der Waals surface area contributed by atoms with Crippen molar-refractivity contribution in [3.05, 3.63) is 45.5 Å². The monoisotopic (exact) mass is 461 g/mol. The minimum absolute atomic E-state index is 0.106. The minimum Gasteiger partial charge on any atom is -0.540 e. The summed E-state index contributed by atoms with van der Waals surface area (Å²) in [7, 11) is 2.20. The number of rotatable bonds is 8. The number of ether oxygens (including phenoxy) is 3. The standard InChI is InChI=1S/C23H31NO7Si/c1-23(2,3)32(7,8)31-21-16(11-12-17(20(21)25)24(26)27)10-9-15-13-18(28-4)22(30-6)19(14-15)29-5/h9-14,25H,1-8H3/b10-9-. The second kappa shape index (κ2) is 9.52. The quantitative estimate of drug-likeness (QED) is 0.227. The zero-order valence-corrected chi connectivity index (χ0v) is 20.8. The Balaban J connectivity index is 2.60. The van der Waals surface area contributed by atoms with E-state index in [0.717, 1.165) is 5.56 Å². The first kappa shape index (κ1) is 25.1. The van der Waals surface area contributed by atoms with Crippen LogP contribution in [0.25, 0.3) is 12.2 Å². The molecule has 2 rings (SSSR count). The highest BCUT2D eigenvalue weighted by atomic mass is 28.4. The van der Waals surface area contributed by atoms with E-state index in [1.807, 2.05) is 13.1 Å². The third kappa shape index (κ3) is 5.16. The third-order valence-electron chi connectivity index (χ3n) is 5.64. The average Bonchev–Trinajstić information content (AvgIpc) is 2.71. The van der Waals surface area contributed by atoms with E-state index in [0.29, 0.717) is 22.8 Å². The Labute approximate surface area is 189 Å². The maximum atomic E-state index is 11.4. The summed E-state index contributed by atoms with van der Waals surface area (Å²) >= 11 is 0. The van der Waals surface area contributed by atoms with Crippen molar-refractivity contribution in [2.24, 2.45) is 0 Å². The predicted octanol–water partition coefficient (Wildman–Crippen LogP) is 5.88. The largest absolute Gasteiger partial charge is 0.540 e. The van der Waals surface area contributed by atoms with Crippen molar-refractivity contribution >= 4 is 26.2 Å². The molecule has 0 amide bonds. The number of methoxy groups -OCH3 is 3. The topological polar surface area (TPSA) is 100 Å². The number of hydrogen-bond acceptors (Lipinski definition) is 7. The second-order valence-corrected chi connectivity index (χ2v) is 13.5. The normalized spacial score (nSPS) is 12.0. The minimum atomic E-state index is -2.39. The molecule has 1 N–H and O–H groups in total. The summed E-state index contributed by atoms with van der Waals surface area (Å²) < 4.78 is 22.4. The number of phenols is 1. The molecular formula is C23H31NO7Si. The van der Waals surface area contributed by atoms with E-state index in [2.05, 4.69) is 20.8 Å². The molecule has 0 spiro atoms. The molecule has 0 aliphatic rings. The van der Waals surface area contributed by atoms with Crippen LogP contribution < -0.4 is 18.6 Å². The van der Waals surface area contributed by atoms with Gasteiger partial charge in [-0.15, -0.1) is 0 Å². The summed E-state index contributed by atoms with van der Waals surface area (Å²) in [4.78, 5) is 10.7. The van der Waals surface area contributed by atoms with Crippen molar-refractivity contribution in [1.82, 2.24) is 0 Å². The van der Waals surface area contributed by atoms with Gasteiger partial charge in [0.05, 0.1) is 26.3 Å². The molecule has 9 heteroatoms. The Morgan fingerprint density at radius 1 is 0.969 bits per heavy atom. The summed E-state index contributed by atoms with van der Waals surface area (Å²) in [5.41, 5.74) is 0.867. The maximum Gasteiger partial charge on any atom is 0.314 e. The van der Waals surface area contributed by atoms with Crippen LogP contribution in [-0.2, 0) is 0 Å². The number of nitro groups is 1. The predicted molar refractivity (Wildman–Crippen MR) is 128 cm³/mol. The van der Waals surface area contributed by atoms with Crippen LogP contribution in [0.15, 0.2) is 24.3 Å². The molecule has 2 aromatic carbocycles. The number of nitrogens with zero attached hydrogens (tertiary/aromatic N) is 1. The van der Waals surface area contributed by atoms with E-state index in [1.165, 1.54) is 27.4 Å². The van der Waals surface area contributed by atoms with Crippen molar-refractivity contribution in [2.45, 2.75) is 38.9 Å². The Morgan fingerprint density at radius 2 is 1.53 bits per heavy atom. The molecule has 0 aromatic heterocycles. The molecule has 0 aliphatic heterocycles. The molecule has 0 heterocycles. The number of benzene rings is 2. The summed E-state index contributed by atoms with van der Waals surface area (Å²) in [5.74, 6) is 1.09. The van der Waals surface area contributed by atoms with Gasteiger partial charge in [-0.25, -0.2) is 0 Å². The van der Waals surface area contributed by atoms with Gasteiger partial charge in [0.2, 0.25) is 11.5 Å². The van der Waals surface area contributed by atoms with E-state index in [1.54, 1.807) is 30.4 Å². The molecule has 32 heavy (non-hydrogen) atoms. The van der Waals surface area contributed by atoms with Crippen LogP contribution in [0.5, 0.6) is 28.7 Å². The molecule has 2 aromatic rings. The fourth-order valence-corrected chi connectivity index (χ4v) is 3.79. The SMILES string of the molecule is COc1cc(/C=C\c2ccc([N+](=O)[O-])c(O)c2O[Si](C)(C)C(C)(C)C)cc(OC)c1OC. The molecule has 8 nitrogen and oxygen atoms in total. The van der Waals surface area contributed by atoms with Crippen molar-refractivity contribution in [2.75, 3.05) is 21.3 Å². The third-order valence-corrected chi connectivity index (χ3v) is 9.97. The van der Waals surface area contributed by atoms with Gasteiger partial charge in [0.1, 0.15) is 0 Å². The summed E-state index contributed by atoms with van der Waals surface area (Å²) in [5, 5.41) is 21.9. The summed E-state index contributed by atoms with van der Waals surface area (Å²) in [6.45, 7) is 10.2. The van der Waals surface area contributed by atoms with Gasteiger partial charge < -0.3 is 23.7 Å². The van der Waals surface area contributed by atoms with Gasteiger partial charge in [0.25, 0.3) is 8.32 Å². The number of nitro benzene ring substituents is 1. The first-order valence-corrected chi connectivity index (χ1v) is 12.9. The average molecular weight is 462 g/mol. The molecule has 0 fully saturated rings. The molecule has 0 saturated carbocycles. The van der Waals surface area contributed by atoms with Crippen LogP contribution in [0.3, 0.4) is 0 Å². The van der Waals surface area contributed by atoms with E-state index >= 15 is 0 Å². The number of phenolic OH excluding ortho intramolecular Hbond substituents is 1. The Hall–Kier alpha value is -3.20. The van der Waals surface area contributed by atoms with Crippen LogP contribution in [-0.4, -0.2) is 39.7 Å². The van der Waals surface area contributed by atoms with Gasteiger partial charge in [0, 0.05) is 11.6 Å². The molecule has 0 radical (unpaired) electrons. The molecular weight excluding hydrogens is 430 g/mol. The van der Waals surface area contributed by atoms with Crippen molar-refractivity contribution in [3.63, 3.8) is 0 Å². The summed E-state index contributed by atoms with van der Waals surface area (Å²) in [6, 6.07) is 6.38. The van der Waals surface area contributed by atoms with Gasteiger partial charge in [-0.2, -0.15) is 0 Å². The second-order valence-electron chi connectivity index (χ2n) is 8.76. The molecule has 0 saturated heterocycles. The smallest absolute Gasteiger partial charge is 0.314 e. The van der Waals surface area contributed by atoms with E-state index < -0.39 is 24.7 Å². The van der Waals surface area contributed by atoms with Crippen LogP contribution in [0.4, 0.5) is 5.69 Å². The van der Waals surface area contributed by atoms with E-state index in [4.69, 9.17) is 18.6 Å². The van der Waals surface area contributed by atoms with Gasteiger partial charge in [-0.3, -0.25) is 10.1 Å². The Kier molecular flexibility index (Phi) is 7.45. The van der Waals surface area contributed by atoms with E-state index in [9.17, 15) is 15.2 Å². The fraction of sp³-hybridized carbons (Fsp3) is 0.391. The van der Waals surface area contributed by atoms with Crippen LogP contribution in [0.1, 0.15) is 31.9 Å². The molecule has 174 valence electrons. The lowest BCUT2D eigenvalue weighted by Crippen LogP contribution is -2.44. The lowest BCUT2D eigenvalue weighted by molar-refractivity contribution is -0.385. The highest BCUT2D eigenvalue weighted by Gasteiger charge is 2.40. The zero-order valence-electron chi connectivity index (χ0n) is 19.8. The Bertz CT molecular complexity index is 1000. The highest BCUT2D eigenvalue weighted by Crippen LogP contribution is 2.45. The van der Waals surface area contributed by atoms with Crippen LogP contribution in [0, 0.1) is 10.1 Å². The van der Waals surface area contributed by atoms with Crippen molar-refractivity contribution in [1.29, 1.82) is 0 Å². The van der Waals surface area contributed by atoms with Crippen molar-refractivity contribution in [3.8, 4) is 28.7 Å². The Morgan fingerprint density at radius 3 is 1.97 bits per heavy atom. The number of aromatic hydroxyl groups is 1. The van der Waals surface area contributed by atoms with Gasteiger partial charge in [-0.05, 0) is 41.9 Å². The van der Waals surface area contributed by atoms with Crippen LogP contribution >= 0.6 is 0 Å². The van der Waals surface area contributed by atoms with E-state index in [-0.39, 0.29) is 10.8 Å². The zero-order chi connectivity index (χ0) is 24.3. The summed E-state index contributed by atoms with van der Waals surface area (Å²) in [6.07, 6.45) is 3.51. The van der Waals surface area contributed by atoms with Crippen molar-refractivity contribution < 1.29 is 28.7 Å². The number of hydrogen-bond donors (Lipinski definition) is 1. The maximum absolute atomic E-state index is 11.4. The van der Waals surface area contributed by atoms with Crippen LogP contribution in [0.2, 0.25) is 18.1 Å². The highest BCUT2D eigenvalue weighted by molar-refractivity contribution is 6.74.